The summed E-state index contributed by atoms with van der Waals surface area (Å²) in [6, 6.07) is 16.2. The Morgan fingerprint density at radius 1 is 0.960 bits per heavy atom. The molecule has 25 heavy (non-hydrogen) atoms. The van der Waals surface area contributed by atoms with Gasteiger partial charge in [0.1, 0.15) is 17.4 Å². The van der Waals surface area contributed by atoms with Gasteiger partial charge in [0.25, 0.3) is 5.82 Å². The van der Waals surface area contributed by atoms with Crippen molar-refractivity contribution in [3.05, 3.63) is 75.8 Å². The van der Waals surface area contributed by atoms with E-state index in [-0.39, 0.29) is 5.56 Å². The van der Waals surface area contributed by atoms with Crippen LogP contribution in [0.1, 0.15) is 17.0 Å². The third kappa shape index (κ3) is 3.71. The molecule has 0 aliphatic carbocycles. The summed E-state index contributed by atoms with van der Waals surface area (Å²) < 4.78 is 38.0. The molecule has 0 radical (unpaired) electrons. The number of aromatic nitrogens is 2. The minimum absolute atomic E-state index is 0.114. The molecule has 8 heteroatoms. The zero-order valence-electron chi connectivity index (χ0n) is 13.3. The van der Waals surface area contributed by atoms with E-state index >= 15 is 0 Å². The number of halogens is 1. The van der Waals surface area contributed by atoms with Crippen LogP contribution in [0, 0.1) is 10.2 Å². The first-order valence-corrected chi connectivity index (χ1v) is 8.68. The first-order valence-electron chi connectivity index (χ1n) is 7.44. The van der Waals surface area contributed by atoms with Gasteiger partial charge in [0.05, 0.1) is 13.5 Å². The van der Waals surface area contributed by atoms with Gasteiger partial charge in [0, 0.05) is 0 Å². The average Bonchev–Trinajstić information content (AvgIpc) is 2.57. The van der Waals surface area contributed by atoms with Crippen molar-refractivity contribution in [3.8, 4) is 0 Å². The van der Waals surface area contributed by atoms with Gasteiger partial charge < -0.3 is 0 Å². The first kappa shape index (κ1) is 17.5. The van der Waals surface area contributed by atoms with Gasteiger partial charge in [-0.2, -0.15) is 4.57 Å². The summed E-state index contributed by atoms with van der Waals surface area (Å²) >= 11 is 0. The molecule has 4 rings (SSSR count). The molecule has 0 unspecified atom stereocenters. The molecule has 0 saturated heterocycles. The Morgan fingerprint density at radius 2 is 1.52 bits per heavy atom. The van der Waals surface area contributed by atoms with Crippen molar-refractivity contribution in [1.29, 1.82) is 0 Å². The van der Waals surface area contributed by atoms with Crippen LogP contribution >= 0.6 is 0 Å². The van der Waals surface area contributed by atoms with E-state index in [1.54, 1.807) is 0 Å². The zero-order chi connectivity index (χ0) is 18.2. The van der Waals surface area contributed by atoms with Crippen molar-refractivity contribution >= 4 is 10.9 Å². The SMILES string of the molecule is C[n+]1c2n(c(=O)c3ccccc31)Cc1ccccc1C2.[O-][Cl+3]([O-])([O-])[O-]. The van der Waals surface area contributed by atoms with E-state index in [0.29, 0.717) is 6.54 Å². The molecule has 2 heterocycles. The maximum Gasteiger partial charge on any atom is 0.345 e. The van der Waals surface area contributed by atoms with Crippen molar-refractivity contribution in [1.82, 2.24) is 4.57 Å². The number of aryl methyl sites for hydroxylation is 1. The lowest BCUT2D eigenvalue weighted by atomic mass is 10.00. The van der Waals surface area contributed by atoms with Crippen LogP contribution in [0.4, 0.5) is 0 Å². The zero-order valence-corrected chi connectivity index (χ0v) is 14.1. The summed E-state index contributed by atoms with van der Waals surface area (Å²) in [6.45, 7) is 0.670. The standard InChI is InChI=1S/C17H15N2O.ClHO4/c1-18-15-9-5-4-8-14(15)17(20)19-11-13-7-3-2-6-12(13)10-16(18)19;2-1(3,4)5/h2-9H,10-11H2,1H3;(H,2,3,4,5)/q+1;/p-1. The molecule has 0 amide bonds. The Hall–Kier alpha value is -2.29. The number of fused-ring (bicyclic) bond motifs is 3. The molecule has 0 fully saturated rings. The number of nitrogens with zero attached hydrogens (tertiary/aromatic N) is 2. The van der Waals surface area contributed by atoms with Crippen LogP contribution in [0.15, 0.2) is 53.3 Å². The Bertz CT molecular complexity index is 988. The topological polar surface area (TPSA) is 118 Å². The monoisotopic (exact) mass is 362 g/mol. The molecule has 3 aromatic rings. The second kappa shape index (κ2) is 6.55. The fourth-order valence-electron chi connectivity index (χ4n) is 3.13. The molecule has 0 spiro atoms. The molecule has 0 bridgehead atoms. The third-order valence-electron chi connectivity index (χ3n) is 4.24. The van der Waals surface area contributed by atoms with E-state index in [9.17, 15) is 4.79 Å². The summed E-state index contributed by atoms with van der Waals surface area (Å²) in [5.41, 5.74) is 3.68. The van der Waals surface area contributed by atoms with Gasteiger partial charge in [-0.05, 0) is 23.3 Å². The van der Waals surface area contributed by atoms with E-state index in [1.165, 1.54) is 11.1 Å². The number of rotatable bonds is 0. The summed E-state index contributed by atoms with van der Waals surface area (Å²) in [6.07, 6.45) is 0.812. The Morgan fingerprint density at radius 3 is 2.20 bits per heavy atom. The Labute approximate surface area is 145 Å². The lowest BCUT2D eigenvalue weighted by molar-refractivity contribution is -2.00. The van der Waals surface area contributed by atoms with E-state index in [4.69, 9.17) is 18.6 Å². The lowest BCUT2D eigenvalue weighted by Crippen LogP contribution is -2.68. The second-order valence-corrected chi connectivity index (χ2v) is 6.46. The normalized spacial score (nSPS) is 12.8. The maximum atomic E-state index is 12.7. The molecule has 2 aromatic carbocycles. The quantitative estimate of drug-likeness (QED) is 0.309. The number of hydrogen-bond acceptors (Lipinski definition) is 5. The average molecular weight is 363 g/mol. The largest absolute Gasteiger partial charge is 0.345 e. The van der Waals surface area contributed by atoms with Crippen molar-refractivity contribution in [2.24, 2.45) is 7.05 Å². The molecule has 7 nitrogen and oxygen atoms in total. The third-order valence-corrected chi connectivity index (χ3v) is 4.24. The number of hydrogen-bond donors (Lipinski definition) is 0. The summed E-state index contributed by atoms with van der Waals surface area (Å²) in [4.78, 5) is 12.7. The fraction of sp³-hybridized carbons (Fsp3) is 0.176. The molecule has 0 N–H and O–H groups in total. The van der Waals surface area contributed by atoms with Crippen LogP contribution in [0.2, 0.25) is 0 Å². The van der Waals surface area contributed by atoms with Crippen molar-refractivity contribution in [3.63, 3.8) is 0 Å². The van der Waals surface area contributed by atoms with E-state index in [0.717, 1.165) is 23.1 Å². The highest BCUT2D eigenvalue weighted by Crippen LogP contribution is 2.19. The van der Waals surface area contributed by atoms with Crippen LogP contribution in [-0.4, -0.2) is 4.57 Å². The summed E-state index contributed by atoms with van der Waals surface area (Å²) in [7, 11) is -2.90. The van der Waals surface area contributed by atoms with Gasteiger partial charge in [-0.3, -0.25) is 0 Å². The molecular formula is C17H15ClN2O5. The van der Waals surface area contributed by atoms with Crippen LogP contribution in [0.3, 0.4) is 0 Å². The van der Waals surface area contributed by atoms with Crippen molar-refractivity contribution in [2.45, 2.75) is 13.0 Å². The Balaban J connectivity index is 0.000000324. The van der Waals surface area contributed by atoms with Gasteiger partial charge in [-0.25, -0.2) is 28.0 Å². The minimum Gasteiger partial charge on any atom is -0.241 e. The molecule has 1 aliphatic rings. The summed E-state index contributed by atoms with van der Waals surface area (Å²) in [5, 5.41) is 0.790. The van der Waals surface area contributed by atoms with Gasteiger partial charge in [0.2, 0.25) is 0 Å². The van der Waals surface area contributed by atoms with E-state index < -0.39 is 10.2 Å². The molecule has 0 saturated carbocycles. The van der Waals surface area contributed by atoms with Crippen LogP contribution in [0.5, 0.6) is 0 Å². The highest BCUT2D eigenvalue weighted by molar-refractivity contribution is 5.74. The smallest absolute Gasteiger partial charge is 0.241 e. The molecule has 1 aliphatic heterocycles. The van der Waals surface area contributed by atoms with Crippen LogP contribution in [-0.2, 0) is 20.0 Å². The van der Waals surface area contributed by atoms with Crippen LogP contribution in [0.25, 0.3) is 10.9 Å². The summed E-state index contributed by atoms with van der Waals surface area (Å²) in [5.74, 6) is 1.08. The van der Waals surface area contributed by atoms with Crippen molar-refractivity contribution in [2.75, 3.05) is 0 Å². The highest BCUT2D eigenvalue weighted by atomic mass is 35.7. The first-order chi connectivity index (χ1) is 11.8. The second-order valence-electron chi connectivity index (χ2n) is 5.71. The maximum absolute atomic E-state index is 12.7. The highest BCUT2D eigenvalue weighted by Gasteiger charge is 2.26. The molecule has 130 valence electrons. The molecule has 0 atom stereocenters. The van der Waals surface area contributed by atoms with Gasteiger partial charge in [-0.1, -0.05) is 36.4 Å². The van der Waals surface area contributed by atoms with Gasteiger partial charge in [0.15, 0.2) is 0 Å². The fourth-order valence-corrected chi connectivity index (χ4v) is 3.13. The van der Waals surface area contributed by atoms with Crippen molar-refractivity contribution < 1.29 is 33.4 Å². The molecular weight excluding hydrogens is 348 g/mol. The Kier molecular flexibility index (Phi) is 4.59. The minimum atomic E-state index is -4.94. The number of para-hydroxylation sites is 1. The van der Waals surface area contributed by atoms with Gasteiger partial charge in [-0.15, -0.1) is 10.2 Å². The molecule has 1 aromatic heterocycles. The van der Waals surface area contributed by atoms with E-state index in [2.05, 4.69) is 22.8 Å². The van der Waals surface area contributed by atoms with Gasteiger partial charge >= 0.3 is 5.56 Å². The van der Waals surface area contributed by atoms with Crippen LogP contribution < -0.4 is 28.8 Å². The predicted molar refractivity (Wildman–Crippen MR) is 77.7 cm³/mol. The lowest BCUT2D eigenvalue weighted by Gasteiger charge is -2.18. The number of benzene rings is 2. The van der Waals surface area contributed by atoms with E-state index in [1.807, 2.05) is 41.9 Å². The predicted octanol–water partition coefficient (Wildman–Crippen LogP) is -2.98.